The Morgan fingerprint density at radius 3 is 1.32 bits per heavy atom. The lowest BCUT2D eigenvalue weighted by molar-refractivity contribution is -0.121. The van der Waals surface area contributed by atoms with Gasteiger partial charge in [0.05, 0.1) is 11.1 Å². The molecular formula is C30H26O4. The number of hydrogen-bond acceptors (Lipinski definition) is 4. The summed E-state index contributed by atoms with van der Waals surface area (Å²) in [6.45, 7) is 0. The highest BCUT2D eigenvalue weighted by atomic mass is 16.6. The van der Waals surface area contributed by atoms with Crippen LogP contribution in [0.3, 0.4) is 0 Å². The smallest absolute Gasteiger partial charge is 0.338 e. The SMILES string of the molecule is O=C(OC1C2CCC(CC2)C1OC(=O)c1ccc2ccccc2c1)c1ccc2ccccc2c1. The predicted molar refractivity (Wildman–Crippen MR) is 132 cm³/mol. The Bertz CT molecular complexity index is 1280. The number of ether oxygens (including phenoxy) is 2. The lowest BCUT2D eigenvalue weighted by Crippen LogP contribution is -2.52. The summed E-state index contributed by atoms with van der Waals surface area (Å²) >= 11 is 0. The van der Waals surface area contributed by atoms with Gasteiger partial charge in [-0.3, -0.25) is 0 Å². The quantitative estimate of drug-likeness (QED) is 0.330. The van der Waals surface area contributed by atoms with Gasteiger partial charge in [0, 0.05) is 0 Å². The molecule has 2 bridgehead atoms. The largest absolute Gasteiger partial charge is 0.455 e. The van der Waals surface area contributed by atoms with Gasteiger partial charge in [-0.25, -0.2) is 9.59 Å². The molecule has 7 rings (SSSR count). The summed E-state index contributed by atoms with van der Waals surface area (Å²) in [5.74, 6) is -0.252. The highest BCUT2D eigenvalue weighted by Crippen LogP contribution is 2.45. The van der Waals surface area contributed by atoms with Crippen LogP contribution in [-0.4, -0.2) is 24.1 Å². The number of carbonyl (C=O) groups is 2. The first-order chi connectivity index (χ1) is 16.7. The molecule has 0 heterocycles. The Morgan fingerprint density at radius 1 is 0.529 bits per heavy atom. The zero-order chi connectivity index (χ0) is 23.1. The maximum Gasteiger partial charge on any atom is 0.338 e. The average molecular weight is 451 g/mol. The Kier molecular flexibility index (Phi) is 5.29. The maximum atomic E-state index is 13.1. The van der Waals surface area contributed by atoms with Crippen molar-refractivity contribution in [1.29, 1.82) is 0 Å². The number of rotatable bonds is 4. The molecule has 4 aromatic rings. The first kappa shape index (κ1) is 20.9. The lowest BCUT2D eigenvalue weighted by Gasteiger charge is -2.46. The molecule has 3 saturated carbocycles. The minimum absolute atomic E-state index is 0.226. The van der Waals surface area contributed by atoms with E-state index in [-0.39, 0.29) is 23.8 Å². The molecule has 0 aromatic heterocycles. The molecule has 0 N–H and O–H groups in total. The fraction of sp³-hybridized carbons (Fsp3) is 0.267. The second-order valence-electron chi connectivity index (χ2n) is 9.54. The normalized spacial score (nSPS) is 23.6. The summed E-state index contributed by atoms with van der Waals surface area (Å²) in [6, 6.07) is 27.1. The number of benzene rings is 4. The molecule has 4 aromatic carbocycles. The van der Waals surface area contributed by atoms with Crippen LogP contribution in [0.5, 0.6) is 0 Å². The Labute approximate surface area is 198 Å². The van der Waals surface area contributed by atoms with E-state index in [1.165, 1.54) is 0 Å². The summed E-state index contributed by atoms with van der Waals surface area (Å²) in [4.78, 5) is 26.2. The third-order valence-corrected chi connectivity index (χ3v) is 7.53. The third kappa shape index (κ3) is 3.83. The fourth-order valence-corrected chi connectivity index (χ4v) is 5.68. The van der Waals surface area contributed by atoms with E-state index in [1.807, 2.05) is 84.9 Å². The molecule has 3 aliphatic carbocycles. The molecule has 0 aliphatic heterocycles. The number of carbonyl (C=O) groups excluding carboxylic acids is 2. The Hall–Kier alpha value is -3.66. The van der Waals surface area contributed by atoms with Crippen LogP contribution in [0.1, 0.15) is 46.4 Å². The van der Waals surface area contributed by atoms with Crippen LogP contribution in [0.4, 0.5) is 0 Å². The van der Waals surface area contributed by atoms with Crippen molar-refractivity contribution in [2.75, 3.05) is 0 Å². The highest BCUT2D eigenvalue weighted by molar-refractivity contribution is 5.96. The number of esters is 2. The van der Waals surface area contributed by atoms with Crippen LogP contribution in [0, 0.1) is 11.8 Å². The van der Waals surface area contributed by atoms with Gasteiger partial charge >= 0.3 is 11.9 Å². The van der Waals surface area contributed by atoms with Gasteiger partial charge in [-0.05, 0) is 83.3 Å². The molecule has 2 unspecified atom stereocenters. The summed E-state index contributed by atoms with van der Waals surface area (Å²) < 4.78 is 12.1. The van der Waals surface area contributed by atoms with Crippen molar-refractivity contribution in [3.05, 3.63) is 96.1 Å². The van der Waals surface area contributed by atoms with Gasteiger partial charge < -0.3 is 9.47 Å². The topological polar surface area (TPSA) is 52.6 Å². The fourth-order valence-electron chi connectivity index (χ4n) is 5.68. The van der Waals surface area contributed by atoms with Gasteiger partial charge in [0.25, 0.3) is 0 Å². The van der Waals surface area contributed by atoms with E-state index < -0.39 is 12.2 Å². The van der Waals surface area contributed by atoms with Gasteiger partial charge in [-0.15, -0.1) is 0 Å². The van der Waals surface area contributed by atoms with E-state index in [0.717, 1.165) is 47.2 Å². The van der Waals surface area contributed by atoms with Gasteiger partial charge in [-0.2, -0.15) is 0 Å². The zero-order valence-corrected chi connectivity index (χ0v) is 18.9. The van der Waals surface area contributed by atoms with Crippen molar-refractivity contribution in [2.24, 2.45) is 11.8 Å². The van der Waals surface area contributed by atoms with Crippen LogP contribution in [0.15, 0.2) is 84.9 Å². The van der Waals surface area contributed by atoms with E-state index in [1.54, 1.807) is 0 Å². The lowest BCUT2D eigenvalue weighted by atomic mass is 9.67. The average Bonchev–Trinajstić information content (AvgIpc) is 2.89. The summed E-state index contributed by atoms with van der Waals surface area (Å²) in [5.41, 5.74) is 1.06. The highest BCUT2D eigenvalue weighted by Gasteiger charge is 2.48. The molecule has 2 atom stereocenters. The summed E-state index contributed by atoms with van der Waals surface area (Å²) in [5, 5.41) is 4.17. The Morgan fingerprint density at radius 2 is 0.912 bits per heavy atom. The molecule has 170 valence electrons. The van der Waals surface area contributed by atoms with Gasteiger partial charge in [0.1, 0.15) is 12.2 Å². The Balaban J connectivity index is 1.23. The standard InChI is InChI=1S/C30H26O4/c31-29(25-15-9-19-5-1-3-7-23(19)17-25)33-27-21-11-13-22(14-12-21)28(27)34-30(32)26-16-10-20-6-2-4-8-24(20)18-26/h1-10,15-18,21-22,27-28H,11-14H2. The predicted octanol–water partition coefficient (Wildman–Crippen LogP) is 6.56. The first-order valence-corrected chi connectivity index (χ1v) is 12.1. The molecule has 4 heteroatoms. The van der Waals surface area contributed by atoms with E-state index in [4.69, 9.17) is 9.47 Å². The van der Waals surface area contributed by atoms with Crippen molar-refractivity contribution in [3.63, 3.8) is 0 Å². The number of fused-ring (bicyclic) bond motifs is 5. The van der Waals surface area contributed by atoms with Crippen LogP contribution in [0.25, 0.3) is 21.5 Å². The zero-order valence-electron chi connectivity index (χ0n) is 18.9. The van der Waals surface area contributed by atoms with E-state index in [2.05, 4.69) is 0 Å². The van der Waals surface area contributed by atoms with Crippen LogP contribution >= 0.6 is 0 Å². The molecule has 34 heavy (non-hydrogen) atoms. The molecule has 0 radical (unpaired) electrons. The van der Waals surface area contributed by atoms with E-state index in [9.17, 15) is 9.59 Å². The van der Waals surface area contributed by atoms with E-state index >= 15 is 0 Å². The summed E-state index contributed by atoms with van der Waals surface area (Å²) in [7, 11) is 0. The van der Waals surface area contributed by atoms with Crippen molar-refractivity contribution < 1.29 is 19.1 Å². The van der Waals surface area contributed by atoms with Gasteiger partial charge in [0.2, 0.25) is 0 Å². The summed E-state index contributed by atoms with van der Waals surface area (Å²) in [6.07, 6.45) is 3.20. The second-order valence-corrected chi connectivity index (χ2v) is 9.54. The van der Waals surface area contributed by atoms with Crippen LogP contribution < -0.4 is 0 Å². The van der Waals surface area contributed by atoms with Crippen molar-refractivity contribution in [1.82, 2.24) is 0 Å². The van der Waals surface area contributed by atoms with E-state index in [0.29, 0.717) is 11.1 Å². The number of hydrogen-bond donors (Lipinski definition) is 0. The molecule has 4 nitrogen and oxygen atoms in total. The third-order valence-electron chi connectivity index (χ3n) is 7.53. The van der Waals surface area contributed by atoms with Crippen molar-refractivity contribution >= 4 is 33.5 Å². The second kappa shape index (κ2) is 8.60. The molecule has 3 fully saturated rings. The monoisotopic (exact) mass is 450 g/mol. The molecule has 0 spiro atoms. The van der Waals surface area contributed by atoms with Crippen LogP contribution in [0.2, 0.25) is 0 Å². The molecule has 3 aliphatic rings. The van der Waals surface area contributed by atoms with Gasteiger partial charge in [-0.1, -0.05) is 60.7 Å². The minimum atomic E-state index is -0.407. The molecule has 0 amide bonds. The van der Waals surface area contributed by atoms with Crippen LogP contribution in [-0.2, 0) is 9.47 Å². The minimum Gasteiger partial charge on any atom is -0.455 e. The maximum absolute atomic E-state index is 13.1. The van der Waals surface area contributed by atoms with Crippen molar-refractivity contribution in [2.45, 2.75) is 37.9 Å². The molecule has 0 saturated heterocycles. The molecular weight excluding hydrogens is 424 g/mol. The van der Waals surface area contributed by atoms with Gasteiger partial charge in [0.15, 0.2) is 0 Å². The van der Waals surface area contributed by atoms with Crippen molar-refractivity contribution in [3.8, 4) is 0 Å². The first-order valence-electron chi connectivity index (χ1n) is 12.1.